The van der Waals surface area contributed by atoms with Crippen molar-refractivity contribution in [3.05, 3.63) is 23.3 Å². The van der Waals surface area contributed by atoms with E-state index in [1.807, 2.05) is 0 Å². The average Bonchev–Trinajstić information content (AvgIpc) is 2.50. The summed E-state index contributed by atoms with van der Waals surface area (Å²) in [7, 11) is 0. The second kappa shape index (κ2) is 5.18. The summed E-state index contributed by atoms with van der Waals surface area (Å²) in [6, 6.07) is 0. The minimum atomic E-state index is 1.27. The van der Waals surface area contributed by atoms with Crippen molar-refractivity contribution >= 4 is 0 Å². The van der Waals surface area contributed by atoms with Gasteiger partial charge in [-0.15, -0.1) is 0 Å². The summed E-state index contributed by atoms with van der Waals surface area (Å²) in [6.45, 7) is 4.51. The minimum absolute atomic E-state index is 1.27. The molecule has 0 aliphatic heterocycles. The van der Waals surface area contributed by atoms with E-state index >= 15 is 0 Å². The minimum Gasteiger partial charge on any atom is -0.0662 e. The molecule has 68 valence electrons. The molecule has 1 aliphatic rings. The molecule has 0 N–H and O–H groups in total. The zero-order valence-corrected chi connectivity index (χ0v) is 8.40. The molecule has 0 spiro atoms. The maximum atomic E-state index is 2.33. The Morgan fingerprint density at radius 2 is 1.67 bits per heavy atom. The van der Waals surface area contributed by atoms with Gasteiger partial charge in [-0.1, -0.05) is 50.0 Å². The van der Waals surface area contributed by atoms with Gasteiger partial charge < -0.3 is 0 Å². The molecular formula is C12H20. The number of allylic oxidation sites excluding steroid dienone is 4. The highest BCUT2D eigenvalue weighted by Crippen LogP contribution is 2.25. The van der Waals surface area contributed by atoms with E-state index in [-0.39, 0.29) is 0 Å². The highest BCUT2D eigenvalue weighted by Gasteiger charge is 2.06. The fourth-order valence-corrected chi connectivity index (χ4v) is 1.71. The molecule has 0 aromatic heterocycles. The average molecular weight is 164 g/mol. The predicted octanol–water partition coefficient (Wildman–Crippen LogP) is 4.23. The molecule has 0 aromatic rings. The lowest BCUT2D eigenvalue weighted by atomic mass is 10.0. The zero-order chi connectivity index (χ0) is 8.81. The van der Waals surface area contributed by atoms with Crippen LogP contribution >= 0.6 is 0 Å². The maximum Gasteiger partial charge on any atom is -0.0102 e. The van der Waals surface area contributed by atoms with E-state index in [2.05, 4.69) is 26.0 Å². The SMILES string of the molecule is CCCCC1=CC=C(CCC)C1. The van der Waals surface area contributed by atoms with Crippen molar-refractivity contribution in [2.75, 3.05) is 0 Å². The quantitative estimate of drug-likeness (QED) is 0.570. The van der Waals surface area contributed by atoms with E-state index < -0.39 is 0 Å². The van der Waals surface area contributed by atoms with E-state index in [9.17, 15) is 0 Å². The second-order valence-corrected chi connectivity index (χ2v) is 3.68. The van der Waals surface area contributed by atoms with Crippen LogP contribution in [0.15, 0.2) is 23.3 Å². The van der Waals surface area contributed by atoms with Crippen molar-refractivity contribution in [1.82, 2.24) is 0 Å². The lowest BCUT2D eigenvalue weighted by Gasteiger charge is -2.02. The molecule has 0 heterocycles. The molecule has 1 aliphatic carbocycles. The fourth-order valence-electron chi connectivity index (χ4n) is 1.71. The van der Waals surface area contributed by atoms with E-state index in [1.54, 1.807) is 11.1 Å². The second-order valence-electron chi connectivity index (χ2n) is 3.68. The smallest absolute Gasteiger partial charge is 0.0102 e. The van der Waals surface area contributed by atoms with Crippen molar-refractivity contribution in [2.24, 2.45) is 0 Å². The molecule has 0 fully saturated rings. The predicted molar refractivity (Wildman–Crippen MR) is 55.2 cm³/mol. The zero-order valence-electron chi connectivity index (χ0n) is 8.40. The Kier molecular flexibility index (Phi) is 4.13. The molecule has 0 bridgehead atoms. The van der Waals surface area contributed by atoms with Crippen molar-refractivity contribution < 1.29 is 0 Å². The molecule has 0 heteroatoms. The summed E-state index contributed by atoms with van der Waals surface area (Å²) in [5.41, 5.74) is 3.30. The maximum absolute atomic E-state index is 2.33. The van der Waals surface area contributed by atoms with Crippen LogP contribution in [-0.2, 0) is 0 Å². The van der Waals surface area contributed by atoms with Gasteiger partial charge >= 0.3 is 0 Å². The Labute approximate surface area is 76.4 Å². The van der Waals surface area contributed by atoms with Gasteiger partial charge in [-0.3, -0.25) is 0 Å². The van der Waals surface area contributed by atoms with E-state index in [1.165, 1.54) is 38.5 Å². The molecular weight excluding hydrogens is 144 g/mol. The molecule has 0 atom stereocenters. The van der Waals surface area contributed by atoms with E-state index in [0.29, 0.717) is 0 Å². The third-order valence-corrected chi connectivity index (χ3v) is 2.43. The fraction of sp³-hybridized carbons (Fsp3) is 0.667. The summed E-state index contributed by atoms with van der Waals surface area (Å²) in [5, 5.41) is 0. The first-order valence-corrected chi connectivity index (χ1v) is 5.24. The van der Waals surface area contributed by atoms with Crippen molar-refractivity contribution in [3.63, 3.8) is 0 Å². The third kappa shape index (κ3) is 2.84. The van der Waals surface area contributed by atoms with E-state index in [4.69, 9.17) is 0 Å². The van der Waals surface area contributed by atoms with Crippen molar-refractivity contribution in [2.45, 2.75) is 52.4 Å². The molecule has 0 unspecified atom stereocenters. The van der Waals surface area contributed by atoms with Crippen LogP contribution in [0.3, 0.4) is 0 Å². The number of rotatable bonds is 5. The number of unbranched alkanes of at least 4 members (excludes halogenated alkanes) is 1. The van der Waals surface area contributed by atoms with Crippen LogP contribution in [0.1, 0.15) is 52.4 Å². The lowest BCUT2D eigenvalue weighted by molar-refractivity contribution is 0.765. The first kappa shape index (κ1) is 9.57. The molecule has 12 heavy (non-hydrogen) atoms. The van der Waals surface area contributed by atoms with Crippen LogP contribution < -0.4 is 0 Å². The topological polar surface area (TPSA) is 0 Å². The Hall–Kier alpha value is -0.520. The van der Waals surface area contributed by atoms with Gasteiger partial charge in [-0.2, -0.15) is 0 Å². The monoisotopic (exact) mass is 164 g/mol. The van der Waals surface area contributed by atoms with Gasteiger partial charge in [0.05, 0.1) is 0 Å². The highest BCUT2D eigenvalue weighted by atomic mass is 14.1. The molecule has 0 saturated carbocycles. The summed E-state index contributed by atoms with van der Waals surface area (Å²) < 4.78 is 0. The lowest BCUT2D eigenvalue weighted by Crippen LogP contribution is -1.83. The number of hydrogen-bond donors (Lipinski definition) is 0. The van der Waals surface area contributed by atoms with Crippen molar-refractivity contribution in [3.8, 4) is 0 Å². The van der Waals surface area contributed by atoms with Gasteiger partial charge in [0.1, 0.15) is 0 Å². The van der Waals surface area contributed by atoms with Gasteiger partial charge in [0.25, 0.3) is 0 Å². The normalized spacial score (nSPS) is 16.2. The van der Waals surface area contributed by atoms with Crippen LogP contribution in [-0.4, -0.2) is 0 Å². The van der Waals surface area contributed by atoms with Crippen LogP contribution in [0.25, 0.3) is 0 Å². The molecule has 0 radical (unpaired) electrons. The van der Waals surface area contributed by atoms with Gasteiger partial charge in [-0.05, 0) is 25.7 Å². The summed E-state index contributed by atoms with van der Waals surface area (Å²) in [6.07, 6.45) is 12.5. The summed E-state index contributed by atoms with van der Waals surface area (Å²) in [4.78, 5) is 0. The number of hydrogen-bond acceptors (Lipinski definition) is 0. The summed E-state index contributed by atoms with van der Waals surface area (Å²) in [5.74, 6) is 0. The van der Waals surface area contributed by atoms with Crippen LogP contribution in [0, 0.1) is 0 Å². The Balaban J connectivity index is 2.20. The summed E-state index contributed by atoms with van der Waals surface area (Å²) >= 11 is 0. The van der Waals surface area contributed by atoms with Crippen LogP contribution in [0.5, 0.6) is 0 Å². The third-order valence-electron chi connectivity index (χ3n) is 2.43. The van der Waals surface area contributed by atoms with Gasteiger partial charge in [-0.25, -0.2) is 0 Å². The van der Waals surface area contributed by atoms with Gasteiger partial charge in [0.2, 0.25) is 0 Å². The van der Waals surface area contributed by atoms with E-state index in [0.717, 1.165) is 0 Å². The van der Waals surface area contributed by atoms with Crippen LogP contribution in [0.4, 0.5) is 0 Å². The molecule has 0 saturated heterocycles. The molecule has 0 nitrogen and oxygen atoms in total. The van der Waals surface area contributed by atoms with Gasteiger partial charge in [0.15, 0.2) is 0 Å². The first-order chi connectivity index (χ1) is 5.86. The largest absolute Gasteiger partial charge is 0.0662 e. The van der Waals surface area contributed by atoms with Crippen LogP contribution in [0.2, 0.25) is 0 Å². The molecule has 0 aromatic carbocycles. The Morgan fingerprint density at radius 1 is 1.00 bits per heavy atom. The van der Waals surface area contributed by atoms with Crippen molar-refractivity contribution in [1.29, 1.82) is 0 Å². The Morgan fingerprint density at radius 3 is 2.25 bits per heavy atom. The van der Waals surface area contributed by atoms with Gasteiger partial charge in [0, 0.05) is 0 Å². The first-order valence-electron chi connectivity index (χ1n) is 5.24. The molecule has 1 rings (SSSR count). The highest BCUT2D eigenvalue weighted by molar-refractivity contribution is 5.30. The molecule has 0 amide bonds. The Bertz CT molecular complexity index is 184. The standard InChI is InChI=1S/C12H20/c1-3-5-7-12-9-8-11(10-12)6-4-2/h8-9H,3-7,10H2,1-2H3.